The Morgan fingerprint density at radius 2 is 1.34 bits per heavy atom. The maximum atomic E-state index is 15.0. The van der Waals surface area contributed by atoms with Gasteiger partial charge in [-0.05, 0) is 95.8 Å². The normalized spacial score (nSPS) is 11.0. The molecule has 19 heteroatoms. The second-order valence-corrected chi connectivity index (χ2v) is 10.7. The lowest BCUT2D eigenvalue weighted by molar-refractivity contribution is 0.0686. The topological polar surface area (TPSA) is 232 Å². The minimum Gasteiger partial charge on any atom is -0.478 e. The molecule has 252 valence electrons. The molecule has 6 aromatic rings. The molecule has 0 unspecified atom stereocenters. The highest BCUT2D eigenvalue weighted by Crippen LogP contribution is 2.26. The van der Waals surface area contributed by atoms with Crippen LogP contribution in [0, 0.1) is 11.6 Å². The zero-order valence-electron chi connectivity index (χ0n) is 25.5. The van der Waals surface area contributed by atoms with Crippen LogP contribution in [-0.2, 0) is 12.8 Å². The van der Waals surface area contributed by atoms with E-state index in [1.165, 1.54) is 48.9 Å². The lowest BCUT2D eigenvalue weighted by Gasteiger charge is -2.13. The first-order valence-electron chi connectivity index (χ1n) is 14.7. The van der Waals surface area contributed by atoms with Gasteiger partial charge < -0.3 is 20.8 Å². The van der Waals surface area contributed by atoms with Gasteiger partial charge in [0.15, 0.2) is 22.9 Å². The molecule has 50 heavy (non-hydrogen) atoms. The number of benzene rings is 2. The van der Waals surface area contributed by atoms with Crippen LogP contribution in [0.1, 0.15) is 65.7 Å². The Kier molecular flexibility index (Phi) is 9.19. The summed E-state index contributed by atoms with van der Waals surface area (Å²) in [6.07, 6.45) is 5.40. The van der Waals surface area contributed by atoms with E-state index in [1.54, 1.807) is 10.8 Å². The second-order valence-electron chi connectivity index (χ2n) is 10.7. The van der Waals surface area contributed by atoms with Crippen LogP contribution >= 0.6 is 0 Å². The number of carbonyl (C=O) groups excluding carboxylic acids is 2. The number of unbranched alkanes of at least 4 members (excludes halogenated alkanes) is 1. The van der Waals surface area contributed by atoms with Crippen LogP contribution in [0.15, 0.2) is 67.3 Å². The first-order valence-corrected chi connectivity index (χ1v) is 14.7. The van der Waals surface area contributed by atoms with E-state index < -0.39 is 46.5 Å². The van der Waals surface area contributed by atoms with E-state index >= 15 is 0 Å². The van der Waals surface area contributed by atoms with Crippen LogP contribution in [0.25, 0.3) is 11.5 Å². The Hall–Kier alpha value is -7.05. The number of aryl methyl sites for hydroxylation is 2. The van der Waals surface area contributed by atoms with Crippen molar-refractivity contribution in [3.63, 3.8) is 0 Å². The molecule has 6 rings (SSSR count). The van der Waals surface area contributed by atoms with Crippen molar-refractivity contribution in [3.8, 4) is 5.82 Å². The number of aromatic nitrogens is 9. The molecule has 0 aliphatic heterocycles. The molecule has 0 fully saturated rings. The predicted octanol–water partition coefficient (Wildman–Crippen LogP) is 3.24. The molecule has 2 aromatic carbocycles. The van der Waals surface area contributed by atoms with E-state index in [2.05, 4.69) is 46.4 Å². The zero-order chi connectivity index (χ0) is 35.4. The van der Waals surface area contributed by atoms with Crippen molar-refractivity contribution in [2.45, 2.75) is 25.7 Å². The number of halogens is 2. The van der Waals surface area contributed by atoms with Crippen molar-refractivity contribution in [3.05, 3.63) is 113 Å². The van der Waals surface area contributed by atoms with Crippen molar-refractivity contribution < 1.29 is 38.2 Å². The van der Waals surface area contributed by atoms with Crippen LogP contribution in [0.3, 0.4) is 0 Å². The molecule has 0 saturated heterocycles. The average molecular weight is 684 g/mol. The third-order valence-electron chi connectivity index (χ3n) is 7.43. The van der Waals surface area contributed by atoms with E-state index in [1.807, 2.05) is 0 Å². The number of carboxylic acid groups (broad SMARTS) is 2. The predicted molar refractivity (Wildman–Crippen MR) is 167 cm³/mol. The van der Waals surface area contributed by atoms with Crippen LogP contribution in [0.5, 0.6) is 0 Å². The highest BCUT2D eigenvalue weighted by atomic mass is 19.1. The minimum atomic E-state index is -1.48. The van der Waals surface area contributed by atoms with Crippen LogP contribution in [-0.4, -0.2) is 79.0 Å². The number of hydrogen-bond donors (Lipinski definition) is 4. The highest BCUT2D eigenvalue weighted by Gasteiger charge is 2.21. The number of imidazole rings is 1. The number of nitrogens with one attached hydrogen (secondary N) is 2. The summed E-state index contributed by atoms with van der Waals surface area (Å²) in [5.74, 6) is -5.76. The quantitative estimate of drug-likeness (QED) is 0.136. The highest BCUT2D eigenvalue weighted by molar-refractivity contribution is 6.07. The smallest absolute Gasteiger partial charge is 0.337 e. The summed E-state index contributed by atoms with van der Waals surface area (Å²) in [6, 6.07) is 9.66. The second kappa shape index (κ2) is 14.0. The number of anilines is 2. The number of carboxylic acids is 2. The van der Waals surface area contributed by atoms with Gasteiger partial charge in [0.05, 0.1) is 22.5 Å². The van der Waals surface area contributed by atoms with Gasteiger partial charge in [0, 0.05) is 12.4 Å². The fourth-order valence-corrected chi connectivity index (χ4v) is 4.93. The number of carbonyl (C=O) groups is 4. The lowest BCUT2D eigenvalue weighted by atomic mass is 9.99. The fraction of sp³-hybridized carbons (Fsp3) is 0.129. The van der Waals surface area contributed by atoms with Crippen LogP contribution < -0.4 is 10.6 Å². The van der Waals surface area contributed by atoms with E-state index in [0.717, 1.165) is 16.8 Å². The maximum absolute atomic E-state index is 15.0. The maximum Gasteiger partial charge on any atom is 0.337 e. The van der Waals surface area contributed by atoms with Crippen molar-refractivity contribution in [1.29, 1.82) is 0 Å². The molecular formula is C31H23F2N11O6. The summed E-state index contributed by atoms with van der Waals surface area (Å²) in [5, 5.41) is 46.7. The molecule has 17 nitrogen and oxygen atoms in total. The zero-order valence-corrected chi connectivity index (χ0v) is 25.5. The average Bonchev–Trinajstić information content (AvgIpc) is 3.81. The van der Waals surface area contributed by atoms with E-state index in [-0.39, 0.29) is 65.2 Å². The van der Waals surface area contributed by atoms with E-state index in [4.69, 9.17) is 0 Å². The summed E-state index contributed by atoms with van der Waals surface area (Å²) >= 11 is 0. The minimum absolute atomic E-state index is 0.0790. The summed E-state index contributed by atoms with van der Waals surface area (Å²) in [6.45, 7) is 0. The SMILES string of the molecule is O=C(Nc1cc(CCCCc2cc(NC(=O)c3ccc4nnnn4n3)c(C(=O)O)cc2F)c(F)cc1C(=O)O)c1ccc(-n2ccnc2)nn1. The molecule has 4 N–H and O–H groups in total. The van der Waals surface area contributed by atoms with Crippen LogP contribution in [0.4, 0.5) is 20.2 Å². The Morgan fingerprint density at radius 1 is 0.740 bits per heavy atom. The molecular weight excluding hydrogens is 660 g/mol. The van der Waals surface area contributed by atoms with Gasteiger partial charge in [0.2, 0.25) is 0 Å². The van der Waals surface area contributed by atoms with Gasteiger partial charge in [-0.25, -0.2) is 23.4 Å². The number of aromatic carboxylic acids is 2. The number of amides is 2. The van der Waals surface area contributed by atoms with Crippen molar-refractivity contribution >= 4 is 40.8 Å². The summed E-state index contributed by atoms with van der Waals surface area (Å²) in [4.78, 5) is 53.3. The van der Waals surface area contributed by atoms with Gasteiger partial charge in [0.25, 0.3) is 11.8 Å². The Bertz CT molecular complexity index is 2260. The van der Waals surface area contributed by atoms with Crippen molar-refractivity contribution in [1.82, 2.24) is 45.0 Å². The number of fused-ring (bicyclic) bond motifs is 1. The molecule has 0 bridgehead atoms. The first kappa shape index (κ1) is 32.9. The first-order chi connectivity index (χ1) is 24.1. The Morgan fingerprint density at radius 3 is 1.88 bits per heavy atom. The molecule has 0 radical (unpaired) electrons. The standard InChI is InChI=1S/C31H23F2N11O6/c32-20-13-18(30(47)48)24(35-28(45)22-5-7-26(38-37-22)43-10-9-34-15-43)11-16(20)3-1-2-4-17-12-25(19(31(49)50)14-21(17)33)36-29(46)23-6-8-27-39-41-42-44(27)40-23/h5-15H,1-4H2,(H,35,45)(H,36,46)(H,47,48)(H,49,50). The Labute approximate surface area is 278 Å². The summed E-state index contributed by atoms with van der Waals surface area (Å²) in [7, 11) is 0. The molecule has 4 aromatic heterocycles. The molecule has 0 saturated carbocycles. The van der Waals surface area contributed by atoms with Crippen molar-refractivity contribution in [2.75, 3.05) is 10.6 Å². The monoisotopic (exact) mass is 683 g/mol. The van der Waals surface area contributed by atoms with Crippen molar-refractivity contribution in [2.24, 2.45) is 0 Å². The van der Waals surface area contributed by atoms with E-state index in [0.29, 0.717) is 5.82 Å². The lowest BCUT2D eigenvalue weighted by Crippen LogP contribution is -2.18. The van der Waals surface area contributed by atoms with Gasteiger partial charge in [0.1, 0.15) is 18.0 Å². The fourth-order valence-electron chi connectivity index (χ4n) is 4.93. The molecule has 0 spiro atoms. The third-order valence-corrected chi connectivity index (χ3v) is 7.43. The largest absolute Gasteiger partial charge is 0.478 e. The van der Waals surface area contributed by atoms with E-state index in [9.17, 15) is 38.2 Å². The van der Waals surface area contributed by atoms with Gasteiger partial charge >= 0.3 is 11.9 Å². The van der Waals surface area contributed by atoms with Gasteiger partial charge in [-0.15, -0.1) is 25.0 Å². The molecule has 4 heterocycles. The number of nitrogens with zero attached hydrogens (tertiary/aromatic N) is 9. The third kappa shape index (κ3) is 7.10. The van der Waals surface area contributed by atoms with Crippen LogP contribution in [0.2, 0.25) is 0 Å². The Balaban J connectivity index is 1.13. The summed E-state index contributed by atoms with van der Waals surface area (Å²) < 4.78 is 32.5. The summed E-state index contributed by atoms with van der Waals surface area (Å²) in [5.41, 5.74) is -1.10. The molecule has 0 aliphatic rings. The van der Waals surface area contributed by atoms with Gasteiger partial charge in [-0.1, -0.05) is 0 Å². The van der Waals surface area contributed by atoms with Gasteiger partial charge in [-0.3, -0.25) is 14.2 Å². The number of rotatable bonds is 12. The van der Waals surface area contributed by atoms with Gasteiger partial charge in [-0.2, -0.15) is 0 Å². The number of hydrogen-bond acceptors (Lipinski definition) is 11. The molecule has 2 amide bonds. The molecule has 0 atom stereocenters. The number of tetrazole rings is 1. The molecule has 0 aliphatic carbocycles.